The summed E-state index contributed by atoms with van der Waals surface area (Å²) in [5, 5.41) is 0.320. The first-order valence-corrected chi connectivity index (χ1v) is 11.1. The molecule has 0 aliphatic carbocycles. The SMILES string of the molecule is C=CC(C/C=C\CCCO[Si](C)(C)C(C)(C)C)CCC. The van der Waals surface area contributed by atoms with Gasteiger partial charge in [-0.2, -0.15) is 0 Å². The molecule has 0 aromatic carbocycles. The Balaban J connectivity index is 3.79. The van der Waals surface area contributed by atoms with E-state index < -0.39 is 8.32 Å². The zero-order chi connectivity index (χ0) is 15.6. The molecule has 0 saturated heterocycles. The van der Waals surface area contributed by atoms with Crippen LogP contribution in [-0.4, -0.2) is 14.9 Å². The average Bonchev–Trinajstić information content (AvgIpc) is 2.34. The van der Waals surface area contributed by atoms with E-state index in [-0.39, 0.29) is 0 Å². The molecule has 0 N–H and O–H groups in total. The van der Waals surface area contributed by atoms with Gasteiger partial charge in [0.05, 0.1) is 0 Å². The average molecular weight is 297 g/mol. The highest BCUT2D eigenvalue weighted by molar-refractivity contribution is 6.74. The lowest BCUT2D eigenvalue weighted by Crippen LogP contribution is -2.40. The van der Waals surface area contributed by atoms with E-state index in [1.54, 1.807) is 0 Å². The summed E-state index contributed by atoms with van der Waals surface area (Å²) < 4.78 is 6.17. The number of unbranched alkanes of at least 4 members (excludes halogenated alkanes) is 1. The van der Waals surface area contributed by atoms with Gasteiger partial charge >= 0.3 is 0 Å². The van der Waals surface area contributed by atoms with Crippen molar-refractivity contribution in [2.24, 2.45) is 5.92 Å². The van der Waals surface area contributed by atoms with E-state index in [0.717, 1.165) is 25.9 Å². The van der Waals surface area contributed by atoms with E-state index >= 15 is 0 Å². The second-order valence-electron chi connectivity index (χ2n) is 7.24. The lowest BCUT2D eigenvalue weighted by Gasteiger charge is -2.36. The fourth-order valence-electron chi connectivity index (χ4n) is 1.84. The van der Waals surface area contributed by atoms with Crippen LogP contribution in [-0.2, 0) is 4.43 Å². The number of rotatable bonds is 10. The molecule has 1 nitrogen and oxygen atoms in total. The largest absolute Gasteiger partial charge is 0.417 e. The van der Waals surface area contributed by atoms with Gasteiger partial charge in [0.2, 0.25) is 0 Å². The molecule has 0 spiro atoms. The van der Waals surface area contributed by atoms with Gasteiger partial charge in [-0.3, -0.25) is 0 Å². The summed E-state index contributed by atoms with van der Waals surface area (Å²) in [5.41, 5.74) is 0. The standard InChI is InChI=1S/C18H36OSi/c1-8-14-17(9-2)15-12-10-11-13-16-19-20(6,7)18(3,4)5/h9-10,12,17H,2,8,11,13-16H2,1,3-7H3/b12-10-. The van der Waals surface area contributed by atoms with Gasteiger partial charge in [0, 0.05) is 6.61 Å². The first-order valence-electron chi connectivity index (χ1n) is 8.16. The third kappa shape index (κ3) is 8.06. The van der Waals surface area contributed by atoms with Gasteiger partial charge in [0.25, 0.3) is 0 Å². The molecule has 0 aromatic rings. The molecule has 0 aromatic heterocycles. The van der Waals surface area contributed by atoms with E-state index in [9.17, 15) is 0 Å². The number of allylic oxidation sites excluding steroid dienone is 3. The maximum absolute atomic E-state index is 6.17. The lowest BCUT2D eigenvalue weighted by atomic mass is 10.00. The summed E-state index contributed by atoms with van der Waals surface area (Å²) in [6, 6.07) is 0. The molecule has 0 aliphatic heterocycles. The summed E-state index contributed by atoms with van der Waals surface area (Å²) in [7, 11) is -1.55. The quantitative estimate of drug-likeness (QED) is 0.260. The van der Waals surface area contributed by atoms with Crippen LogP contribution in [0.2, 0.25) is 18.1 Å². The van der Waals surface area contributed by atoms with Gasteiger partial charge in [-0.15, -0.1) is 6.58 Å². The van der Waals surface area contributed by atoms with Crippen molar-refractivity contribution in [3.8, 4) is 0 Å². The third-order valence-corrected chi connectivity index (χ3v) is 8.92. The summed E-state index contributed by atoms with van der Waals surface area (Å²) >= 11 is 0. The van der Waals surface area contributed by atoms with Crippen molar-refractivity contribution in [2.45, 2.75) is 77.9 Å². The van der Waals surface area contributed by atoms with E-state index in [2.05, 4.69) is 65.6 Å². The van der Waals surface area contributed by atoms with Crippen molar-refractivity contribution in [1.29, 1.82) is 0 Å². The molecule has 0 radical (unpaired) electrons. The van der Waals surface area contributed by atoms with Gasteiger partial charge in [0.15, 0.2) is 8.32 Å². The molecule has 0 heterocycles. The molecule has 0 rings (SSSR count). The van der Waals surface area contributed by atoms with Crippen LogP contribution in [0.5, 0.6) is 0 Å². The Hall–Kier alpha value is -0.343. The smallest absolute Gasteiger partial charge is 0.191 e. The van der Waals surface area contributed by atoms with Gasteiger partial charge < -0.3 is 4.43 Å². The van der Waals surface area contributed by atoms with Crippen LogP contribution < -0.4 is 0 Å². The first kappa shape index (κ1) is 19.7. The minimum atomic E-state index is -1.55. The van der Waals surface area contributed by atoms with E-state index in [4.69, 9.17) is 4.43 Å². The van der Waals surface area contributed by atoms with Crippen LogP contribution in [0, 0.1) is 5.92 Å². The van der Waals surface area contributed by atoms with Crippen molar-refractivity contribution in [3.63, 3.8) is 0 Å². The number of hydrogen-bond donors (Lipinski definition) is 0. The van der Waals surface area contributed by atoms with Crippen molar-refractivity contribution in [3.05, 3.63) is 24.8 Å². The number of hydrogen-bond acceptors (Lipinski definition) is 1. The molecular weight excluding hydrogens is 260 g/mol. The highest BCUT2D eigenvalue weighted by Crippen LogP contribution is 2.36. The van der Waals surface area contributed by atoms with Crippen LogP contribution >= 0.6 is 0 Å². The van der Waals surface area contributed by atoms with E-state index in [1.807, 2.05) is 0 Å². The Morgan fingerprint density at radius 2 is 1.85 bits per heavy atom. The first-order chi connectivity index (χ1) is 9.24. The predicted molar refractivity (Wildman–Crippen MR) is 94.7 cm³/mol. The molecule has 118 valence electrons. The Kier molecular flexibility index (Phi) is 9.40. The Bertz CT molecular complexity index is 286. The van der Waals surface area contributed by atoms with Gasteiger partial charge in [0.1, 0.15) is 0 Å². The molecule has 1 unspecified atom stereocenters. The monoisotopic (exact) mass is 296 g/mol. The zero-order valence-corrected chi connectivity index (χ0v) is 15.7. The summed E-state index contributed by atoms with van der Waals surface area (Å²) in [6.45, 7) is 18.6. The van der Waals surface area contributed by atoms with E-state index in [0.29, 0.717) is 11.0 Å². The van der Waals surface area contributed by atoms with Crippen molar-refractivity contribution in [1.82, 2.24) is 0 Å². The molecule has 0 fully saturated rings. The molecule has 2 heteroatoms. The minimum Gasteiger partial charge on any atom is -0.417 e. The summed E-state index contributed by atoms with van der Waals surface area (Å²) in [4.78, 5) is 0. The molecule has 0 amide bonds. The van der Waals surface area contributed by atoms with Crippen molar-refractivity contribution >= 4 is 8.32 Å². The maximum atomic E-state index is 6.17. The molecule has 20 heavy (non-hydrogen) atoms. The van der Waals surface area contributed by atoms with Crippen LogP contribution in [0.25, 0.3) is 0 Å². The highest BCUT2D eigenvalue weighted by Gasteiger charge is 2.36. The highest BCUT2D eigenvalue weighted by atomic mass is 28.4. The van der Waals surface area contributed by atoms with Gasteiger partial charge in [-0.05, 0) is 49.7 Å². The maximum Gasteiger partial charge on any atom is 0.191 e. The van der Waals surface area contributed by atoms with Crippen molar-refractivity contribution < 1.29 is 4.43 Å². The molecule has 0 saturated carbocycles. The van der Waals surface area contributed by atoms with E-state index in [1.165, 1.54) is 12.8 Å². The van der Waals surface area contributed by atoms with Crippen molar-refractivity contribution in [2.75, 3.05) is 6.61 Å². The lowest BCUT2D eigenvalue weighted by molar-refractivity contribution is 0.283. The minimum absolute atomic E-state index is 0.320. The van der Waals surface area contributed by atoms with Crippen LogP contribution in [0.4, 0.5) is 0 Å². The van der Waals surface area contributed by atoms with Crippen LogP contribution in [0.3, 0.4) is 0 Å². The fourth-order valence-corrected chi connectivity index (χ4v) is 2.92. The zero-order valence-electron chi connectivity index (χ0n) is 14.7. The summed E-state index contributed by atoms with van der Waals surface area (Å²) in [6.07, 6.45) is 12.6. The Morgan fingerprint density at radius 1 is 1.20 bits per heavy atom. The predicted octanol–water partition coefficient (Wildman–Crippen LogP) is 6.34. The van der Waals surface area contributed by atoms with Crippen LogP contribution in [0.1, 0.15) is 59.8 Å². The van der Waals surface area contributed by atoms with Crippen LogP contribution in [0.15, 0.2) is 24.8 Å². The van der Waals surface area contributed by atoms with Gasteiger partial charge in [-0.1, -0.05) is 52.3 Å². The molecule has 1 atom stereocenters. The van der Waals surface area contributed by atoms with Gasteiger partial charge in [-0.25, -0.2) is 0 Å². The Labute approximate surface area is 128 Å². The Morgan fingerprint density at radius 3 is 2.35 bits per heavy atom. The molecule has 0 bridgehead atoms. The second-order valence-corrected chi connectivity index (χ2v) is 12.1. The molecular formula is C18H36OSi. The topological polar surface area (TPSA) is 9.23 Å². The summed E-state index contributed by atoms with van der Waals surface area (Å²) in [5.74, 6) is 0.653. The fraction of sp³-hybridized carbons (Fsp3) is 0.778. The third-order valence-electron chi connectivity index (χ3n) is 4.38. The normalized spacial score (nSPS) is 14.7. The molecule has 0 aliphatic rings. The second kappa shape index (κ2) is 9.57.